The van der Waals surface area contributed by atoms with Crippen molar-refractivity contribution in [2.75, 3.05) is 45.2 Å². The summed E-state index contributed by atoms with van der Waals surface area (Å²) < 4.78 is 16.6. The number of piperidine rings is 2. The fourth-order valence-electron chi connectivity index (χ4n) is 4.02. The minimum atomic E-state index is -0.489. The highest BCUT2D eigenvalue weighted by atomic mass is 16.6. The molecule has 1 aromatic rings. The number of ether oxygens (including phenoxy) is 3. The molecular formula is C23H37N5O5. The van der Waals surface area contributed by atoms with E-state index in [0.717, 1.165) is 37.1 Å². The zero-order chi connectivity index (χ0) is 24.0. The molecule has 0 spiro atoms. The van der Waals surface area contributed by atoms with Crippen LogP contribution in [0.15, 0.2) is 6.33 Å². The van der Waals surface area contributed by atoms with Crippen molar-refractivity contribution in [2.45, 2.75) is 71.1 Å². The number of nitrogens with zero attached hydrogens (tertiary/aromatic N) is 4. The number of amides is 2. The molecule has 1 aromatic heterocycles. The molecular weight excluding hydrogens is 426 g/mol. The van der Waals surface area contributed by atoms with Crippen LogP contribution in [-0.4, -0.2) is 89.4 Å². The molecule has 2 aliphatic heterocycles. The number of anilines is 1. The van der Waals surface area contributed by atoms with E-state index in [1.807, 2.05) is 32.6 Å². The predicted octanol–water partition coefficient (Wildman–Crippen LogP) is 2.61. The van der Waals surface area contributed by atoms with E-state index in [1.54, 1.807) is 4.90 Å². The number of hydrogen-bond donors (Lipinski definition) is 1. The van der Waals surface area contributed by atoms with Crippen molar-refractivity contribution in [3.63, 3.8) is 0 Å². The molecule has 2 amide bonds. The quantitative estimate of drug-likeness (QED) is 0.686. The van der Waals surface area contributed by atoms with Gasteiger partial charge in [-0.3, -0.25) is 4.79 Å². The molecule has 0 unspecified atom stereocenters. The van der Waals surface area contributed by atoms with Gasteiger partial charge in [0.1, 0.15) is 30.5 Å². The van der Waals surface area contributed by atoms with Gasteiger partial charge < -0.3 is 29.3 Å². The number of methoxy groups -OCH3 is 1. The van der Waals surface area contributed by atoms with Gasteiger partial charge in [-0.25, -0.2) is 14.8 Å². The Kier molecular flexibility index (Phi) is 8.34. The molecule has 2 saturated heterocycles. The van der Waals surface area contributed by atoms with Crippen LogP contribution in [0.25, 0.3) is 0 Å². The van der Waals surface area contributed by atoms with E-state index in [4.69, 9.17) is 14.2 Å². The Bertz CT molecular complexity index is 812. The van der Waals surface area contributed by atoms with Gasteiger partial charge in [-0.1, -0.05) is 0 Å². The molecule has 184 valence electrons. The van der Waals surface area contributed by atoms with Crippen LogP contribution in [0.3, 0.4) is 0 Å². The highest BCUT2D eigenvalue weighted by Crippen LogP contribution is 2.26. The maximum atomic E-state index is 12.3. The van der Waals surface area contributed by atoms with Gasteiger partial charge in [0.05, 0.1) is 5.56 Å². The Balaban J connectivity index is 1.50. The Morgan fingerprint density at radius 1 is 1.06 bits per heavy atom. The van der Waals surface area contributed by atoms with Gasteiger partial charge in [0, 0.05) is 52.2 Å². The van der Waals surface area contributed by atoms with E-state index in [-0.39, 0.29) is 30.8 Å². The third kappa shape index (κ3) is 7.18. The lowest BCUT2D eigenvalue weighted by molar-refractivity contribution is -0.136. The Morgan fingerprint density at radius 3 is 2.30 bits per heavy atom. The van der Waals surface area contributed by atoms with Crippen molar-refractivity contribution in [1.29, 1.82) is 0 Å². The summed E-state index contributed by atoms with van der Waals surface area (Å²) in [6, 6.07) is 0.208. The van der Waals surface area contributed by atoms with Gasteiger partial charge in [0.2, 0.25) is 11.8 Å². The van der Waals surface area contributed by atoms with Crippen LogP contribution in [0, 0.1) is 6.92 Å². The van der Waals surface area contributed by atoms with Gasteiger partial charge in [0.25, 0.3) is 0 Å². The summed E-state index contributed by atoms with van der Waals surface area (Å²) in [6.45, 7) is 10.3. The lowest BCUT2D eigenvalue weighted by Crippen LogP contribution is -2.44. The zero-order valence-electron chi connectivity index (χ0n) is 20.4. The zero-order valence-corrected chi connectivity index (χ0v) is 20.4. The highest BCUT2D eigenvalue weighted by Gasteiger charge is 2.28. The summed E-state index contributed by atoms with van der Waals surface area (Å²) in [4.78, 5) is 36.6. The van der Waals surface area contributed by atoms with E-state index in [2.05, 4.69) is 15.3 Å². The average Bonchev–Trinajstić information content (AvgIpc) is 2.76. The first-order chi connectivity index (χ1) is 15.7. The number of hydrogen-bond acceptors (Lipinski definition) is 8. The van der Waals surface area contributed by atoms with Gasteiger partial charge in [-0.2, -0.15) is 0 Å². The second kappa shape index (κ2) is 11.0. The standard InChI is InChI=1S/C23H37N5O5/c1-16-20(26-17-6-10-28(11-7-17)22(30)33-23(2,3)4)24-15-25-21(16)32-18-8-12-27(13-9-18)19(29)14-31-5/h15,17-18H,6-14H2,1-5H3,(H,24,25,26). The fourth-order valence-corrected chi connectivity index (χ4v) is 4.02. The molecule has 10 heteroatoms. The summed E-state index contributed by atoms with van der Waals surface area (Å²) >= 11 is 0. The molecule has 0 saturated carbocycles. The van der Waals surface area contributed by atoms with Crippen LogP contribution in [-0.2, 0) is 14.3 Å². The summed E-state index contributed by atoms with van der Waals surface area (Å²) in [5, 5.41) is 3.49. The van der Waals surface area contributed by atoms with Crippen LogP contribution in [0.4, 0.5) is 10.6 Å². The number of rotatable bonds is 6. The lowest BCUT2D eigenvalue weighted by Gasteiger charge is -2.34. The number of aromatic nitrogens is 2. The van der Waals surface area contributed by atoms with Crippen LogP contribution in [0.5, 0.6) is 5.88 Å². The monoisotopic (exact) mass is 463 g/mol. The lowest BCUT2D eigenvalue weighted by atomic mass is 10.1. The maximum Gasteiger partial charge on any atom is 0.410 e. The van der Waals surface area contributed by atoms with Crippen LogP contribution in [0.1, 0.15) is 52.0 Å². The first-order valence-corrected chi connectivity index (χ1v) is 11.7. The highest BCUT2D eigenvalue weighted by molar-refractivity contribution is 5.77. The Labute approximate surface area is 196 Å². The van der Waals surface area contributed by atoms with Crippen LogP contribution >= 0.6 is 0 Å². The van der Waals surface area contributed by atoms with Crippen molar-refractivity contribution in [3.8, 4) is 5.88 Å². The van der Waals surface area contributed by atoms with Gasteiger partial charge in [-0.15, -0.1) is 0 Å². The topological polar surface area (TPSA) is 106 Å². The third-order valence-electron chi connectivity index (χ3n) is 5.87. The average molecular weight is 464 g/mol. The minimum Gasteiger partial charge on any atom is -0.474 e. The van der Waals surface area contributed by atoms with E-state index < -0.39 is 5.60 Å². The molecule has 1 N–H and O–H groups in total. The van der Waals surface area contributed by atoms with Crippen LogP contribution in [0.2, 0.25) is 0 Å². The van der Waals surface area contributed by atoms with Crippen molar-refractivity contribution >= 4 is 17.8 Å². The predicted molar refractivity (Wildman–Crippen MR) is 123 cm³/mol. The van der Waals surface area contributed by atoms with Crippen molar-refractivity contribution in [2.24, 2.45) is 0 Å². The number of likely N-dealkylation sites (tertiary alicyclic amines) is 2. The molecule has 0 aromatic carbocycles. The second-order valence-electron chi connectivity index (χ2n) is 9.67. The summed E-state index contributed by atoms with van der Waals surface area (Å²) in [6.07, 6.45) is 4.40. The molecule has 0 bridgehead atoms. The van der Waals surface area contributed by atoms with E-state index in [1.165, 1.54) is 13.4 Å². The Morgan fingerprint density at radius 2 is 1.70 bits per heavy atom. The molecule has 0 atom stereocenters. The maximum absolute atomic E-state index is 12.3. The molecule has 3 heterocycles. The SMILES string of the molecule is COCC(=O)N1CCC(Oc2ncnc(NC3CCN(C(=O)OC(C)(C)C)CC3)c2C)CC1. The minimum absolute atomic E-state index is 0.00936. The summed E-state index contributed by atoms with van der Waals surface area (Å²) in [7, 11) is 1.53. The van der Waals surface area contributed by atoms with Crippen molar-refractivity contribution < 1.29 is 23.8 Å². The van der Waals surface area contributed by atoms with Crippen molar-refractivity contribution in [1.82, 2.24) is 19.8 Å². The largest absolute Gasteiger partial charge is 0.474 e. The molecule has 2 aliphatic rings. The number of carbonyl (C=O) groups is 2. The Hall–Kier alpha value is -2.62. The van der Waals surface area contributed by atoms with Gasteiger partial charge in [-0.05, 0) is 40.5 Å². The normalized spacial score (nSPS) is 18.2. The fraction of sp³-hybridized carbons (Fsp3) is 0.739. The number of carbonyl (C=O) groups excluding carboxylic acids is 2. The second-order valence-corrected chi connectivity index (χ2v) is 9.67. The smallest absolute Gasteiger partial charge is 0.410 e. The van der Waals surface area contributed by atoms with E-state index >= 15 is 0 Å². The molecule has 0 radical (unpaired) electrons. The molecule has 10 nitrogen and oxygen atoms in total. The first-order valence-electron chi connectivity index (χ1n) is 11.7. The van der Waals surface area contributed by atoms with Gasteiger partial charge >= 0.3 is 6.09 Å². The summed E-state index contributed by atoms with van der Waals surface area (Å²) in [5.41, 5.74) is 0.376. The van der Waals surface area contributed by atoms with Crippen molar-refractivity contribution in [3.05, 3.63) is 11.9 Å². The van der Waals surface area contributed by atoms with E-state index in [0.29, 0.717) is 32.1 Å². The molecule has 33 heavy (non-hydrogen) atoms. The van der Waals surface area contributed by atoms with Gasteiger partial charge in [0.15, 0.2) is 0 Å². The molecule has 2 fully saturated rings. The molecule has 3 rings (SSSR count). The molecule has 0 aliphatic carbocycles. The summed E-state index contributed by atoms with van der Waals surface area (Å²) in [5.74, 6) is 1.34. The van der Waals surface area contributed by atoms with Crippen LogP contribution < -0.4 is 10.1 Å². The number of nitrogens with one attached hydrogen (secondary N) is 1. The first kappa shape index (κ1) is 25.0. The van der Waals surface area contributed by atoms with E-state index in [9.17, 15) is 9.59 Å². The third-order valence-corrected chi connectivity index (χ3v) is 5.87.